The van der Waals surface area contributed by atoms with Crippen LogP contribution in [0.5, 0.6) is 5.75 Å². The summed E-state index contributed by atoms with van der Waals surface area (Å²) in [5.74, 6) is 0.598. The van der Waals surface area contributed by atoms with Crippen LogP contribution in [0, 0.1) is 0 Å². The molecule has 6 heteroatoms. The van der Waals surface area contributed by atoms with Crippen LogP contribution in [0.1, 0.15) is 28.5 Å². The molecule has 0 N–H and O–H groups in total. The molecule has 0 atom stereocenters. The summed E-state index contributed by atoms with van der Waals surface area (Å²) in [5.41, 5.74) is 3.53. The topological polar surface area (TPSA) is 55.3 Å². The normalized spacial score (nSPS) is 10.8. The molecule has 4 rings (SSSR count). The van der Waals surface area contributed by atoms with E-state index in [-0.39, 0.29) is 5.91 Å². The SMILES string of the molecule is CCc1cccc2sc(N(Cc3ccccn3)C(=O)c3ccc(OC)cc3)nc12. The van der Waals surface area contributed by atoms with Gasteiger partial charge in [0.05, 0.1) is 29.6 Å². The highest BCUT2D eigenvalue weighted by molar-refractivity contribution is 7.22. The Morgan fingerprint density at radius 1 is 1.07 bits per heavy atom. The fraction of sp³-hybridized carbons (Fsp3) is 0.174. The highest BCUT2D eigenvalue weighted by Crippen LogP contribution is 2.32. The lowest BCUT2D eigenvalue weighted by atomic mass is 10.1. The van der Waals surface area contributed by atoms with Crippen molar-refractivity contribution < 1.29 is 9.53 Å². The zero-order valence-corrected chi connectivity index (χ0v) is 17.1. The van der Waals surface area contributed by atoms with E-state index >= 15 is 0 Å². The third-order valence-corrected chi connectivity index (χ3v) is 5.78. The lowest BCUT2D eigenvalue weighted by Crippen LogP contribution is -2.30. The molecule has 0 unspecified atom stereocenters. The first kappa shape index (κ1) is 19.1. The third kappa shape index (κ3) is 3.98. The first-order valence-electron chi connectivity index (χ1n) is 9.44. The molecule has 1 amide bonds. The molecule has 0 aliphatic rings. The molecule has 146 valence electrons. The molecular formula is C23H21N3O2S. The van der Waals surface area contributed by atoms with Crippen molar-refractivity contribution in [2.45, 2.75) is 19.9 Å². The van der Waals surface area contributed by atoms with Crippen LogP contribution in [-0.2, 0) is 13.0 Å². The van der Waals surface area contributed by atoms with Crippen LogP contribution in [0.2, 0.25) is 0 Å². The summed E-state index contributed by atoms with van der Waals surface area (Å²) in [6, 6.07) is 19.0. The van der Waals surface area contributed by atoms with Gasteiger partial charge in [-0.15, -0.1) is 0 Å². The fourth-order valence-corrected chi connectivity index (χ4v) is 4.18. The average Bonchev–Trinajstić information content (AvgIpc) is 3.22. The first-order valence-corrected chi connectivity index (χ1v) is 10.3. The lowest BCUT2D eigenvalue weighted by molar-refractivity contribution is 0.0985. The summed E-state index contributed by atoms with van der Waals surface area (Å²) >= 11 is 1.53. The first-order chi connectivity index (χ1) is 14.2. The molecule has 2 heterocycles. The number of aryl methyl sites for hydroxylation is 1. The second-order valence-corrected chi connectivity index (χ2v) is 7.56. The van der Waals surface area contributed by atoms with Gasteiger partial charge in [0.1, 0.15) is 5.75 Å². The number of rotatable bonds is 6. The number of methoxy groups -OCH3 is 1. The Morgan fingerprint density at radius 3 is 2.59 bits per heavy atom. The maximum absolute atomic E-state index is 13.4. The molecule has 2 aromatic carbocycles. The standard InChI is InChI=1S/C23H21N3O2S/c1-3-16-7-6-9-20-21(16)25-23(29-20)26(15-18-8-4-5-14-24-18)22(27)17-10-12-19(28-2)13-11-17/h4-14H,3,15H2,1-2H3. The van der Waals surface area contributed by atoms with Crippen LogP contribution in [0.4, 0.5) is 5.13 Å². The Labute approximate surface area is 173 Å². The van der Waals surface area contributed by atoms with Gasteiger partial charge in [-0.2, -0.15) is 0 Å². The molecule has 2 aromatic heterocycles. The quantitative estimate of drug-likeness (QED) is 0.449. The van der Waals surface area contributed by atoms with E-state index in [4.69, 9.17) is 9.72 Å². The molecule has 0 spiro atoms. The minimum Gasteiger partial charge on any atom is -0.497 e. The fourth-order valence-electron chi connectivity index (χ4n) is 3.16. The van der Waals surface area contributed by atoms with Crippen LogP contribution in [0.15, 0.2) is 66.9 Å². The summed E-state index contributed by atoms with van der Waals surface area (Å²) in [4.78, 5) is 24.3. The maximum atomic E-state index is 13.4. The van der Waals surface area contributed by atoms with Crippen molar-refractivity contribution in [2.24, 2.45) is 0 Å². The zero-order valence-electron chi connectivity index (χ0n) is 16.3. The van der Waals surface area contributed by atoms with E-state index < -0.39 is 0 Å². The molecule has 0 aliphatic heterocycles. The van der Waals surface area contributed by atoms with Crippen LogP contribution in [-0.4, -0.2) is 23.0 Å². The molecule has 0 saturated heterocycles. The molecule has 0 bridgehead atoms. The van der Waals surface area contributed by atoms with Crippen molar-refractivity contribution in [3.05, 3.63) is 83.7 Å². The van der Waals surface area contributed by atoms with Gasteiger partial charge in [0.25, 0.3) is 5.91 Å². The number of carbonyl (C=O) groups is 1. The number of carbonyl (C=O) groups excluding carboxylic acids is 1. The predicted molar refractivity (Wildman–Crippen MR) is 117 cm³/mol. The largest absolute Gasteiger partial charge is 0.497 e. The van der Waals surface area contributed by atoms with Crippen LogP contribution < -0.4 is 9.64 Å². The van der Waals surface area contributed by atoms with Gasteiger partial charge in [-0.3, -0.25) is 14.7 Å². The van der Waals surface area contributed by atoms with Crippen LogP contribution in [0.25, 0.3) is 10.2 Å². The minimum atomic E-state index is -0.115. The molecule has 29 heavy (non-hydrogen) atoms. The number of nitrogens with zero attached hydrogens (tertiary/aromatic N) is 3. The van der Waals surface area contributed by atoms with Gasteiger partial charge >= 0.3 is 0 Å². The second-order valence-electron chi connectivity index (χ2n) is 6.55. The number of benzene rings is 2. The number of thiazole rings is 1. The number of anilines is 1. The Hall–Kier alpha value is -3.25. The summed E-state index contributed by atoms with van der Waals surface area (Å²) in [5, 5.41) is 0.673. The Bertz CT molecular complexity index is 1120. The molecule has 5 nitrogen and oxygen atoms in total. The summed E-state index contributed by atoms with van der Waals surface area (Å²) in [7, 11) is 1.61. The van der Waals surface area contributed by atoms with Gasteiger partial charge in [0.2, 0.25) is 0 Å². The number of hydrogen-bond acceptors (Lipinski definition) is 5. The van der Waals surface area contributed by atoms with E-state index in [0.29, 0.717) is 23.0 Å². The van der Waals surface area contributed by atoms with Crippen molar-refractivity contribution >= 4 is 32.6 Å². The van der Waals surface area contributed by atoms with Crippen molar-refractivity contribution in [2.75, 3.05) is 12.0 Å². The van der Waals surface area contributed by atoms with Crippen molar-refractivity contribution in [3.8, 4) is 5.75 Å². The van der Waals surface area contributed by atoms with E-state index in [1.54, 1.807) is 42.5 Å². The van der Waals surface area contributed by atoms with E-state index in [9.17, 15) is 4.79 Å². The molecule has 0 saturated carbocycles. The average molecular weight is 404 g/mol. The van der Waals surface area contributed by atoms with Crippen molar-refractivity contribution in [3.63, 3.8) is 0 Å². The molecule has 0 fully saturated rings. The second kappa shape index (κ2) is 8.41. The van der Waals surface area contributed by atoms with Crippen LogP contribution in [0.3, 0.4) is 0 Å². The van der Waals surface area contributed by atoms with Gasteiger partial charge in [0.15, 0.2) is 5.13 Å². The van der Waals surface area contributed by atoms with Gasteiger partial charge in [-0.25, -0.2) is 4.98 Å². The highest BCUT2D eigenvalue weighted by atomic mass is 32.1. The summed E-state index contributed by atoms with van der Waals surface area (Å²) in [6.07, 6.45) is 2.63. The van der Waals surface area contributed by atoms with E-state index in [1.165, 1.54) is 16.9 Å². The number of hydrogen-bond donors (Lipinski definition) is 0. The molecule has 0 radical (unpaired) electrons. The van der Waals surface area contributed by atoms with Gasteiger partial charge in [-0.1, -0.05) is 36.5 Å². The third-order valence-electron chi connectivity index (χ3n) is 4.73. The number of para-hydroxylation sites is 1. The van der Waals surface area contributed by atoms with Crippen molar-refractivity contribution in [1.82, 2.24) is 9.97 Å². The highest BCUT2D eigenvalue weighted by Gasteiger charge is 2.22. The van der Waals surface area contributed by atoms with Crippen LogP contribution >= 0.6 is 11.3 Å². The van der Waals surface area contributed by atoms with E-state index in [2.05, 4.69) is 18.0 Å². The molecular weight excluding hydrogens is 382 g/mol. The zero-order chi connectivity index (χ0) is 20.2. The van der Waals surface area contributed by atoms with E-state index in [0.717, 1.165) is 22.3 Å². The maximum Gasteiger partial charge on any atom is 0.260 e. The predicted octanol–water partition coefficient (Wildman–Crippen LogP) is 5.11. The number of amides is 1. The number of ether oxygens (including phenoxy) is 1. The molecule has 0 aliphatic carbocycles. The Morgan fingerprint density at radius 2 is 1.90 bits per heavy atom. The number of aromatic nitrogens is 2. The minimum absolute atomic E-state index is 0.115. The Balaban J connectivity index is 1.76. The van der Waals surface area contributed by atoms with Gasteiger partial charge in [0, 0.05) is 11.8 Å². The summed E-state index contributed by atoms with van der Waals surface area (Å²) in [6.45, 7) is 2.47. The smallest absolute Gasteiger partial charge is 0.260 e. The number of fused-ring (bicyclic) bond motifs is 1. The Kier molecular flexibility index (Phi) is 5.53. The monoisotopic (exact) mass is 403 g/mol. The van der Waals surface area contributed by atoms with E-state index in [1.807, 2.05) is 30.3 Å². The molecule has 4 aromatic rings. The summed E-state index contributed by atoms with van der Waals surface area (Å²) < 4.78 is 6.29. The lowest BCUT2D eigenvalue weighted by Gasteiger charge is -2.19. The van der Waals surface area contributed by atoms with Gasteiger partial charge in [-0.05, 0) is 54.4 Å². The van der Waals surface area contributed by atoms with Crippen molar-refractivity contribution in [1.29, 1.82) is 0 Å². The number of pyridine rings is 1. The van der Waals surface area contributed by atoms with Gasteiger partial charge < -0.3 is 4.74 Å².